The second kappa shape index (κ2) is 8.20. The number of amides is 1. The van der Waals surface area contributed by atoms with Crippen LogP contribution in [0.3, 0.4) is 0 Å². The van der Waals surface area contributed by atoms with E-state index in [9.17, 15) is 4.79 Å². The summed E-state index contributed by atoms with van der Waals surface area (Å²) in [5, 5.41) is 3.83. The summed E-state index contributed by atoms with van der Waals surface area (Å²) in [7, 11) is 1.96. The van der Waals surface area contributed by atoms with E-state index in [1.807, 2.05) is 83.8 Å². The average molecular weight is 441 g/mol. The van der Waals surface area contributed by atoms with Crippen LogP contribution in [0.15, 0.2) is 126 Å². The molecule has 4 aromatic rings. The maximum absolute atomic E-state index is 14.3. The first-order chi connectivity index (χ1) is 16.7. The normalized spacial score (nSPS) is 14.3. The van der Waals surface area contributed by atoms with E-state index >= 15 is 0 Å². The van der Waals surface area contributed by atoms with Crippen LogP contribution in [-0.4, -0.2) is 18.0 Å². The van der Waals surface area contributed by atoms with Crippen LogP contribution < -0.4 is 5.01 Å². The standard InChI is InChI=1S/C31H24N2O/c1-32(25-18-9-4-10-19-25)33-30-26-20-12-11-17-24(26)21-27(30)29(31(33)34)28(22-13-5-2-6-14-22)23-15-7-3-8-16-23/h2-20H,21H2,1H3. The van der Waals surface area contributed by atoms with Crippen LogP contribution in [0, 0.1) is 0 Å². The third-order valence-electron chi connectivity index (χ3n) is 6.65. The number of carbonyl (C=O) groups is 1. The van der Waals surface area contributed by atoms with Crippen molar-refractivity contribution in [3.8, 4) is 0 Å². The molecule has 0 saturated heterocycles. The van der Waals surface area contributed by atoms with E-state index in [0.717, 1.165) is 51.2 Å². The quantitative estimate of drug-likeness (QED) is 0.345. The van der Waals surface area contributed by atoms with Gasteiger partial charge in [0.25, 0.3) is 5.91 Å². The lowest BCUT2D eigenvalue weighted by Gasteiger charge is -2.32. The van der Waals surface area contributed by atoms with Crippen molar-refractivity contribution in [2.75, 3.05) is 12.1 Å². The van der Waals surface area contributed by atoms with Gasteiger partial charge in [0.2, 0.25) is 0 Å². The summed E-state index contributed by atoms with van der Waals surface area (Å²) in [5.74, 6) is 0.00793. The zero-order valence-electron chi connectivity index (χ0n) is 19.0. The zero-order chi connectivity index (χ0) is 23.1. The molecular weight excluding hydrogens is 416 g/mol. The molecule has 0 atom stereocenters. The number of benzene rings is 4. The molecule has 164 valence electrons. The number of hydrazine groups is 1. The third kappa shape index (κ3) is 3.17. The van der Waals surface area contributed by atoms with Gasteiger partial charge >= 0.3 is 0 Å². The summed E-state index contributed by atoms with van der Waals surface area (Å²) < 4.78 is 0. The Kier molecular flexibility index (Phi) is 4.88. The van der Waals surface area contributed by atoms with Crippen LogP contribution in [0.5, 0.6) is 0 Å². The zero-order valence-corrected chi connectivity index (χ0v) is 19.0. The first-order valence-electron chi connectivity index (χ1n) is 11.5. The molecule has 1 heterocycles. The molecule has 1 amide bonds. The molecule has 6 rings (SSSR count). The van der Waals surface area contributed by atoms with Crippen molar-refractivity contribution in [2.45, 2.75) is 6.42 Å². The van der Waals surface area contributed by atoms with Gasteiger partial charge in [-0.1, -0.05) is 103 Å². The molecule has 0 spiro atoms. The maximum Gasteiger partial charge on any atom is 0.278 e. The predicted octanol–water partition coefficient (Wildman–Crippen LogP) is 6.35. The SMILES string of the molecule is CN(c1ccccc1)N1C(=O)C(=C(c2ccccc2)c2ccccc2)C2=C1c1ccccc1C2. The molecule has 1 aliphatic heterocycles. The number of nitrogens with zero attached hydrogens (tertiary/aromatic N) is 2. The van der Waals surface area contributed by atoms with Crippen LogP contribution in [0.1, 0.15) is 22.3 Å². The monoisotopic (exact) mass is 440 g/mol. The van der Waals surface area contributed by atoms with Crippen molar-refractivity contribution < 1.29 is 4.79 Å². The Hall–Kier alpha value is -4.37. The van der Waals surface area contributed by atoms with Crippen LogP contribution in [-0.2, 0) is 11.2 Å². The maximum atomic E-state index is 14.3. The highest BCUT2D eigenvalue weighted by atomic mass is 16.2. The van der Waals surface area contributed by atoms with Crippen molar-refractivity contribution in [2.24, 2.45) is 0 Å². The minimum Gasteiger partial charge on any atom is -0.281 e. The molecule has 1 aliphatic carbocycles. The van der Waals surface area contributed by atoms with E-state index in [-0.39, 0.29) is 5.91 Å². The Morgan fingerprint density at radius 1 is 0.706 bits per heavy atom. The molecule has 0 radical (unpaired) electrons. The highest BCUT2D eigenvalue weighted by molar-refractivity contribution is 6.18. The number of hydrogen-bond donors (Lipinski definition) is 0. The van der Waals surface area contributed by atoms with Crippen molar-refractivity contribution >= 4 is 22.9 Å². The summed E-state index contributed by atoms with van der Waals surface area (Å²) in [6.07, 6.45) is 0.745. The second-order valence-corrected chi connectivity index (χ2v) is 8.62. The highest BCUT2D eigenvalue weighted by Gasteiger charge is 2.44. The Bertz CT molecular complexity index is 1400. The first-order valence-corrected chi connectivity index (χ1v) is 11.5. The Balaban J connectivity index is 1.63. The Morgan fingerprint density at radius 2 is 1.24 bits per heavy atom. The van der Waals surface area contributed by atoms with Crippen molar-refractivity contribution in [1.82, 2.24) is 5.01 Å². The minimum atomic E-state index is 0.00793. The fourth-order valence-corrected chi connectivity index (χ4v) is 5.10. The number of rotatable bonds is 4. The molecule has 2 aliphatic rings. The fraction of sp³-hybridized carbons (Fsp3) is 0.0645. The van der Waals surface area contributed by atoms with E-state index in [4.69, 9.17) is 0 Å². The first kappa shape index (κ1) is 20.3. The number of fused-ring (bicyclic) bond motifs is 2. The van der Waals surface area contributed by atoms with Crippen molar-refractivity contribution in [3.05, 3.63) is 149 Å². The molecule has 3 nitrogen and oxygen atoms in total. The molecule has 4 aromatic carbocycles. The van der Waals surface area contributed by atoms with Gasteiger partial charge in [-0.3, -0.25) is 9.80 Å². The van der Waals surface area contributed by atoms with Gasteiger partial charge in [-0.05, 0) is 34.4 Å². The van der Waals surface area contributed by atoms with Gasteiger partial charge in [0.1, 0.15) is 0 Å². The highest BCUT2D eigenvalue weighted by Crippen LogP contribution is 2.48. The van der Waals surface area contributed by atoms with Gasteiger partial charge in [0, 0.05) is 24.6 Å². The predicted molar refractivity (Wildman–Crippen MR) is 138 cm³/mol. The Morgan fingerprint density at radius 3 is 1.85 bits per heavy atom. The van der Waals surface area contributed by atoms with E-state index in [0.29, 0.717) is 0 Å². The number of para-hydroxylation sites is 1. The van der Waals surface area contributed by atoms with E-state index in [2.05, 4.69) is 48.5 Å². The molecule has 3 heteroatoms. The lowest BCUT2D eigenvalue weighted by molar-refractivity contribution is -0.123. The second-order valence-electron chi connectivity index (χ2n) is 8.62. The molecule has 0 unspecified atom stereocenters. The topological polar surface area (TPSA) is 23.6 Å². The van der Waals surface area contributed by atoms with Crippen LogP contribution in [0.2, 0.25) is 0 Å². The molecule has 0 bridgehead atoms. The summed E-state index contributed by atoms with van der Waals surface area (Å²) >= 11 is 0. The molecule has 0 N–H and O–H groups in total. The lowest BCUT2D eigenvalue weighted by atomic mass is 9.89. The summed E-state index contributed by atoms with van der Waals surface area (Å²) in [6.45, 7) is 0. The molecule has 34 heavy (non-hydrogen) atoms. The number of anilines is 1. The van der Waals surface area contributed by atoms with Crippen molar-refractivity contribution in [3.63, 3.8) is 0 Å². The van der Waals surface area contributed by atoms with Crippen LogP contribution in [0.4, 0.5) is 5.69 Å². The number of carbonyl (C=O) groups excluding carboxylic acids is 1. The molecular formula is C31H24N2O. The average Bonchev–Trinajstić information content (AvgIpc) is 3.40. The minimum absolute atomic E-state index is 0.00793. The van der Waals surface area contributed by atoms with Crippen LogP contribution >= 0.6 is 0 Å². The molecule has 0 fully saturated rings. The van der Waals surface area contributed by atoms with Gasteiger partial charge < -0.3 is 0 Å². The van der Waals surface area contributed by atoms with Gasteiger partial charge in [0.05, 0.1) is 17.0 Å². The molecule has 0 aromatic heterocycles. The smallest absolute Gasteiger partial charge is 0.278 e. The van der Waals surface area contributed by atoms with E-state index < -0.39 is 0 Å². The number of hydrogen-bond acceptors (Lipinski definition) is 2. The third-order valence-corrected chi connectivity index (χ3v) is 6.65. The summed E-state index contributed by atoms with van der Waals surface area (Å²) in [4.78, 5) is 14.3. The summed E-state index contributed by atoms with van der Waals surface area (Å²) in [6, 6.07) is 39.0. The largest absolute Gasteiger partial charge is 0.281 e. The molecule has 0 saturated carbocycles. The lowest BCUT2D eigenvalue weighted by Crippen LogP contribution is -2.41. The van der Waals surface area contributed by atoms with Gasteiger partial charge in [-0.25, -0.2) is 5.01 Å². The summed E-state index contributed by atoms with van der Waals surface area (Å²) in [5.41, 5.74) is 9.29. The van der Waals surface area contributed by atoms with E-state index in [1.54, 1.807) is 0 Å². The van der Waals surface area contributed by atoms with E-state index in [1.165, 1.54) is 5.56 Å². The van der Waals surface area contributed by atoms with Gasteiger partial charge in [-0.2, -0.15) is 0 Å². The van der Waals surface area contributed by atoms with Crippen LogP contribution in [0.25, 0.3) is 11.3 Å². The van der Waals surface area contributed by atoms with Gasteiger partial charge in [-0.15, -0.1) is 0 Å². The fourth-order valence-electron chi connectivity index (χ4n) is 5.10. The van der Waals surface area contributed by atoms with Gasteiger partial charge in [0.15, 0.2) is 0 Å². The Labute approximate surface area is 199 Å². The van der Waals surface area contributed by atoms with Crippen molar-refractivity contribution in [1.29, 1.82) is 0 Å².